The Bertz CT molecular complexity index is 1100. The van der Waals surface area contributed by atoms with Crippen molar-refractivity contribution in [1.29, 1.82) is 0 Å². The Morgan fingerprint density at radius 1 is 0.935 bits per heavy atom. The fraction of sp³-hybridized carbons (Fsp3) is 0.192. The molecule has 0 N–H and O–H groups in total. The SMILES string of the molecule is CCCCOc1ccc(C=C2c3ccc(OC)cc3C(=O)N2c2ccc(F)cc2)cc1. The Kier molecular flexibility index (Phi) is 6.03. The van der Waals surface area contributed by atoms with E-state index in [9.17, 15) is 9.18 Å². The topological polar surface area (TPSA) is 38.8 Å². The molecule has 4 rings (SSSR count). The summed E-state index contributed by atoms with van der Waals surface area (Å²) in [6.45, 7) is 2.82. The van der Waals surface area contributed by atoms with Crippen molar-refractivity contribution < 1.29 is 18.7 Å². The average Bonchev–Trinajstić information content (AvgIpc) is 3.06. The zero-order valence-corrected chi connectivity index (χ0v) is 17.6. The molecule has 0 atom stereocenters. The van der Waals surface area contributed by atoms with E-state index in [0.717, 1.165) is 35.4 Å². The second-order valence-electron chi connectivity index (χ2n) is 7.33. The van der Waals surface area contributed by atoms with Crippen LogP contribution < -0.4 is 14.4 Å². The van der Waals surface area contributed by atoms with Gasteiger partial charge in [0.15, 0.2) is 0 Å². The maximum Gasteiger partial charge on any atom is 0.263 e. The summed E-state index contributed by atoms with van der Waals surface area (Å²) in [6, 6.07) is 19.1. The molecule has 0 fully saturated rings. The molecule has 5 heteroatoms. The Morgan fingerprint density at radius 3 is 2.32 bits per heavy atom. The number of anilines is 1. The summed E-state index contributed by atoms with van der Waals surface area (Å²) in [4.78, 5) is 14.9. The van der Waals surface area contributed by atoms with Crippen LogP contribution in [0.1, 0.15) is 41.3 Å². The second-order valence-corrected chi connectivity index (χ2v) is 7.33. The fourth-order valence-electron chi connectivity index (χ4n) is 3.54. The van der Waals surface area contributed by atoms with Crippen LogP contribution in [0, 0.1) is 5.82 Å². The number of benzene rings is 3. The van der Waals surface area contributed by atoms with E-state index in [1.807, 2.05) is 42.5 Å². The number of carbonyl (C=O) groups excluding carboxylic acids is 1. The standard InChI is InChI=1S/C26H24FNO3/c1-3-4-15-31-21-11-5-18(6-12-21)16-25-23-14-13-22(30-2)17-24(23)26(29)28(25)20-9-7-19(27)8-10-20/h5-14,16-17H,3-4,15H2,1-2H3. The average molecular weight is 417 g/mol. The number of hydrogen-bond acceptors (Lipinski definition) is 3. The molecule has 3 aromatic carbocycles. The molecule has 0 aliphatic carbocycles. The summed E-state index contributed by atoms with van der Waals surface area (Å²) in [5.74, 6) is 0.907. The van der Waals surface area contributed by atoms with Gasteiger partial charge in [-0.05, 0) is 72.7 Å². The first kappa shape index (κ1) is 20.7. The van der Waals surface area contributed by atoms with Crippen LogP contribution in [0.4, 0.5) is 10.1 Å². The molecule has 1 amide bonds. The van der Waals surface area contributed by atoms with E-state index in [0.29, 0.717) is 23.6 Å². The molecular formula is C26H24FNO3. The highest BCUT2D eigenvalue weighted by molar-refractivity contribution is 6.24. The quantitative estimate of drug-likeness (QED) is 0.432. The highest BCUT2D eigenvalue weighted by atomic mass is 19.1. The number of methoxy groups -OCH3 is 1. The smallest absolute Gasteiger partial charge is 0.263 e. The molecule has 1 aliphatic heterocycles. The van der Waals surface area contributed by atoms with Crippen LogP contribution in [-0.2, 0) is 0 Å². The molecule has 1 aliphatic rings. The number of amides is 1. The van der Waals surface area contributed by atoms with Crippen molar-refractivity contribution in [3.63, 3.8) is 0 Å². The molecule has 3 aromatic rings. The van der Waals surface area contributed by atoms with Gasteiger partial charge in [0, 0.05) is 11.3 Å². The molecule has 4 nitrogen and oxygen atoms in total. The summed E-state index contributed by atoms with van der Waals surface area (Å²) >= 11 is 0. The number of unbranched alkanes of at least 4 members (excludes halogenated alkanes) is 1. The summed E-state index contributed by atoms with van der Waals surface area (Å²) < 4.78 is 24.5. The molecule has 0 radical (unpaired) electrons. The Hall–Kier alpha value is -3.60. The minimum atomic E-state index is -0.348. The van der Waals surface area contributed by atoms with Gasteiger partial charge in [0.25, 0.3) is 5.91 Å². The third-order valence-electron chi connectivity index (χ3n) is 5.21. The van der Waals surface area contributed by atoms with Crippen LogP contribution in [0.5, 0.6) is 11.5 Å². The van der Waals surface area contributed by atoms with Crippen molar-refractivity contribution in [2.45, 2.75) is 19.8 Å². The van der Waals surface area contributed by atoms with Crippen molar-refractivity contribution in [1.82, 2.24) is 0 Å². The van der Waals surface area contributed by atoms with Crippen LogP contribution in [0.25, 0.3) is 11.8 Å². The van der Waals surface area contributed by atoms with E-state index in [1.165, 1.54) is 12.1 Å². The number of fused-ring (bicyclic) bond motifs is 1. The van der Waals surface area contributed by atoms with E-state index in [-0.39, 0.29) is 11.7 Å². The van der Waals surface area contributed by atoms with Gasteiger partial charge in [-0.3, -0.25) is 9.69 Å². The molecule has 1 heterocycles. The van der Waals surface area contributed by atoms with E-state index < -0.39 is 0 Å². The highest BCUT2D eigenvalue weighted by Gasteiger charge is 2.33. The minimum Gasteiger partial charge on any atom is -0.497 e. The number of hydrogen-bond donors (Lipinski definition) is 0. The Morgan fingerprint density at radius 2 is 1.65 bits per heavy atom. The van der Waals surface area contributed by atoms with E-state index >= 15 is 0 Å². The fourth-order valence-corrected chi connectivity index (χ4v) is 3.54. The Balaban J connectivity index is 1.73. The van der Waals surface area contributed by atoms with Gasteiger partial charge in [-0.2, -0.15) is 0 Å². The molecule has 0 unspecified atom stereocenters. The van der Waals surface area contributed by atoms with Crippen LogP contribution in [0.3, 0.4) is 0 Å². The van der Waals surface area contributed by atoms with E-state index in [2.05, 4.69) is 6.92 Å². The largest absolute Gasteiger partial charge is 0.497 e. The van der Waals surface area contributed by atoms with Gasteiger partial charge in [0.05, 0.1) is 25.0 Å². The lowest BCUT2D eigenvalue weighted by Crippen LogP contribution is -2.22. The van der Waals surface area contributed by atoms with Gasteiger partial charge >= 0.3 is 0 Å². The molecule has 0 aromatic heterocycles. The van der Waals surface area contributed by atoms with Gasteiger partial charge in [-0.15, -0.1) is 0 Å². The third kappa shape index (κ3) is 4.31. The van der Waals surface area contributed by atoms with Crippen molar-refractivity contribution in [2.24, 2.45) is 0 Å². The number of nitrogens with zero attached hydrogens (tertiary/aromatic N) is 1. The zero-order valence-electron chi connectivity index (χ0n) is 17.6. The molecule has 158 valence electrons. The van der Waals surface area contributed by atoms with E-state index in [4.69, 9.17) is 9.47 Å². The molecule has 0 saturated heterocycles. The number of rotatable bonds is 7. The van der Waals surface area contributed by atoms with Gasteiger partial charge in [0.2, 0.25) is 0 Å². The van der Waals surface area contributed by atoms with Crippen LogP contribution in [0.2, 0.25) is 0 Å². The molecular weight excluding hydrogens is 393 g/mol. The molecule has 31 heavy (non-hydrogen) atoms. The molecule has 0 spiro atoms. The first-order valence-electron chi connectivity index (χ1n) is 10.3. The molecule has 0 bridgehead atoms. The molecule has 0 saturated carbocycles. The maximum atomic E-state index is 13.5. The number of carbonyl (C=O) groups is 1. The van der Waals surface area contributed by atoms with Gasteiger partial charge in [-0.1, -0.05) is 25.5 Å². The first-order valence-corrected chi connectivity index (χ1v) is 10.3. The van der Waals surface area contributed by atoms with Gasteiger partial charge < -0.3 is 9.47 Å². The zero-order chi connectivity index (χ0) is 21.8. The highest BCUT2D eigenvalue weighted by Crippen LogP contribution is 2.39. The summed E-state index contributed by atoms with van der Waals surface area (Å²) in [6.07, 6.45) is 4.05. The lowest BCUT2D eigenvalue weighted by atomic mass is 10.1. The predicted octanol–water partition coefficient (Wildman–Crippen LogP) is 6.17. The van der Waals surface area contributed by atoms with Crippen molar-refractivity contribution in [2.75, 3.05) is 18.6 Å². The van der Waals surface area contributed by atoms with E-state index in [1.54, 1.807) is 30.2 Å². The van der Waals surface area contributed by atoms with Crippen molar-refractivity contribution >= 4 is 23.4 Å². The van der Waals surface area contributed by atoms with Gasteiger partial charge in [-0.25, -0.2) is 4.39 Å². The van der Waals surface area contributed by atoms with Crippen LogP contribution in [0.15, 0.2) is 66.7 Å². The second kappa shape index (κ2) is 9.04. The minimum absolute atomic E-state index is 0.175. The van der Waals surface area contributed by atoms with Crippen LogP contribution >= 0.6 is 0 Å². The predicted molar refractivity (Wildman–Crippen MR) is 121 cm³/mol. The summed E-state index contributed by atoms with van der Waals surface area (Å²) in [5, 5.41) is 0. The summed E-state index contributed by atoms with van der Waals surface area (Å²) in [5.41, 5.74) is 3.62. The van der Waals surface area contributed by atoms with Crippen molar-refractivity contribution in [3.8, 4) is 11.5 Å². The summed E-state index contributed by atoms with van der Waals surface area (Å²) in [7, 11) is 1.57. The van der Waals surface area contributed by atoms with Crippen LogP contribution in [-0.4, -0.2) is 19.6 Å². The maximum absolute atomic E-state index is 13.5. The number of halogens is 1. The first-order chi connectivity index (χ1) is 15.1. The third-order valence-corrected chi connectivity index (χ3v) is 5.21. The normalized spacial score (nSPS) is 14.1. The monoisotopic (exact) mass is 417 g/mol. The van der Waals surface area contributed by atoms with Crippen molar-refractivity contribution in [3.05, 3.63) is 89.2 Å². The number of ether oxygens (including phenoxy) is 2. The van der Waals surface area contributed by atoms with Gasteiger partial charge in [0.1, 0.15) is 17.3 Å². The lowest BCUT2D eigenvalue weighted by molar-refractivity contribution is 0.101. The Labute approximate surface area is 181 Å². The lowest BCUT2D eigenvalue weighted by Gasteiger charge is -2.19.